The highest BCUT2D eigenvalue weighted by Crippen LogP contribution is 2.31. The van der Waals surface area contributed by atoms with Crippen LogP contribution in [0.25, 0.3) is 11.5 Å². The molecule has 0 radical (unpaired) electrons. The minimum absolute atomic E-state index is 0.186. The minimum atomic E-state index is -4.42. The lowest BCUT2D eigenvalue weighted by atomic mass is 10.1. The molecule has 0 aliphatic rings. The van der Waals surface area contributed by atoms with Crippen LogP contribution in [0.4, 0.5) is 13.2 Å². The van der Waals surface area contributed by atoms with Crippen molar-refractivity contribution in [3.8, 4) is 17.2 Å². The molecule has 7 nitrogen and oxygen atoms in total. The lowest BCUT2D eigenvalue weighted by Gasteiger charge is -2.16. The molecule has 4 rings (SSSR count). The molecule has 2 N–H and O–H groups in total. The molecule has 10 heteroatoms. The zero-order chi connectivity index (χ0) is 30.3. The molecule has 0 aliphatic carbocycles. The number of halogens is 3. The van der Waals surface area contributed by atoms with Gasteiger partial charge in [-0.3, -0.25) is 4.79 Å². The fraction of sp³-hybridized carbons (Fsp3) is 0.219. The molecule has 1 heterocycles. The van der Waals surface area contributed by atoms with E-state index in [1.165, 1.54) is 18.2 Å². The van der Waals surface area contributed by atoms with Crippen molar-refractivity contribution >= 4 is 11.8 Å². The zero-order valence-electron chi connectivity index (χ0n) is 22.9. The number of carbonyl (C=O) groups excluding carboxylic acids is 1. The summed E-state index contributed by atoms with van der Waals surface area (Å²) in [4.78, 5) is 28.6. The number of benzene rings is 3. The maximum Gasteiger partial charge on any atom is 0.416 e. The van der Waals surface area contributed by atoms with Crippen LogP contribution < -0.4 is 10.1 Å². The first-order valence-corrected chi connectivity index (χ1v) is 13.1. The Labute approximate surface area is 240 Å². The number of aromatic nitrogens is 1. The Morgan fingerprint density at radius 2 is 1.69 bits per heavy atom. The van der Waals surface area contributed by atoms with Crippen LogP contribution >= 0.6 is 0 Å². The number of hydrogen-bond donors (Lipinski definition) is 2. The first-order chi connectivity index (χ1) is 20.0. The van der Waals surface area contributed by atoms with Crippen LogP contribution in [0.2, 0.25) is 0 Å². The van der Waals surface area contributed by atoms with Gasteiger partial charge in [-0.25, -0.2) is 9.78 Å². The number of rotatable bonds is 12. The summed E-state index contributed by atoms with van der Waals surface area (Å²) in [6, 6.07) is 19.4. The van der Waals surface area contributed by atoms with Crippen molar-refractivity contribution in [3.63, 3.8) is 0 Å². The van der Waals surface area contributed by atoms with E-state index >= 15 is 0 Å². The zero-order valence-corrected chi connectivity index (χ0v) is 22.9. The van der Waals surface area contributed by atoms with Gasteiger partial charge in [-0.2, -0.15) is 13.2 Å². The van der Waals surface area contributed by atoms with Gasteiger partial charge in [0.25, 0.3) is 0 Å². The van der Waals surface area contributed by atoms with Crippen molar-refractivity contribution in [1.29, 1.82) is 0 Å². The van der Waals surface area contributed by atoms with Gasteiger partial charge in [0.2, 0.25) is 5.89 Å². The van der Waals surface area contributed by atoms with Gasteiger partial charge in [0.1, 0.15) is 17.6 Å². The molecule has 3 aromatic carbocycles. The maximum absolute atomic E-state index is 12.8. The Kier molecular flexibility index (Phi) is 9.46. The van der Waals surface area contributed by atoms with Crippen LogP contribution in [0.15, 0.2) is 95.1 Å². The maximum atomic E-state index is 12.8. The van der Waals surface area contributed by atoms with E-state index in [9.17, 15) is 27.9 Å². The van der Waals surface area contributed by atoms with Crippen LogP contribution in [-0.4, -0.2) is 34.5 Å². The van der Waals surface area contributed by atoms with E-state index in [0.29, 0.717) is 40.4 Å². The van der Waals surface area contributed by atoms with Crippen molar-refractivity contribution in [2.45, 2.75) is 38.9 Å². The lowest BCUT2D eigenvalue weighted by molar-refractivity contribution is -0.139. The number of allylic oxidation sites excluding steroid dienone is 2. The van der Waals surface area contributed by atoms with E-state index in [0.717, 1.165) is 17.7 Å². The van der Waals surface area contributed by atoms with Gasteiger partial charge < -0.3 is 19.6 Å². The number of carbonyl (C=O) groups is 2. The van der Waals surface area contributed by atoms with E-state index in [-0.39, 0.29) is 24.7 Å². The third-order valence-electron chi connectivity index (χ3n) is 6.43. The average molecular weight is 579 g/mol. The van der Waals surface area contributed by atoms with Gasteiger partial charge in [-0.15, -0.1) is 0 Å². The number of carboxylic acids is 1. The van der Waals surface area contributed by atoms with Crippen molar-refractivity contribution in [2.75, 3.05) is 6.61 Å². The summed E-state index contributed by atoms with van der Waals surface area (Å²) in [5.41, 5.74) is 2.05. The van der Waals surface area contributed by atoms with E-state index in [1.807, 2.05) is 6.07 Å². The number of aliphatic carboxylic acids is 1. The Hall–Kier alpha value is -4.86. The fourth-order valence-electron chi connectivity index (χ4n) is 4.21. The largest absolute Gasteiger partial charge is 0.493 e. The van der Waals surface area contributed by atoms with Crippen molar-refractivity contribution in [2.24, 2.45) is 0 Å². The number of alkyl halides is 3. The summed E-state index contributed by atoms with van der Waals surface area (Å²) in [6.45, 7) is 3.65. The Morgan fingerprint density at radius 3 is 2.31 bits per heavy atom. The van der Waals surface area contributed by atoms with Gasteiger partial charge in [0.15, 0.2) is 5.78 Å². The van der Waals surface area contributed by atoms with Crippen LogP contribution in [0.3, 0.4) is 0 Å². The molecule has 218 valence electrons. The van der Waals surface area contributed by atoms with Gasteiger partial charge in [0, 0.05) is 35.7 Å². The molecule has 0 amide bonds. The monoisotopic (exact) mass is 578 g/mol. The number of aryl methyl sites for hydroxylation is 1. The molecular formula is C32H29F3N2O5. The third-order valence-corrected chi connectivity index (χ3v) is 6.43. The van der Waals surface area contributed by atoms with Crippen LogP contribution in [0.1, 0.15) is 39.9 Å². The molecule has 0 spiro atoms. The first kappa shape index (κ1) is 30.1. The minimum Gasteiger partial charge on any atom is -0.493 e. The van der Waals surface area contributed by atoms with E-state index in [1.54, 1.807) is 62.4 Å². The fourth-order valence-corrected chi connectivity index (χ4v) is 4.21. The number of carboxylic acid groups (broad SMARTS) is 1. The molecule has 42 heavy (non-hydrogen) atoms. The van der Waals surface area contributed by atoms with Crippen molar-refractivity contribution < 1.29 is 37.0 Å². The number of ketones is 1. The second-order valence-corrected chi connectivity index (χ2v) is 9.64. The third kappa shape index (κ3) is 8.09. The summed E-state index contributed by atoms with van der Waals surface area (Å²) in [5, 5.41) is 12.6. The summed E-state index contributed by atoms with van der Waals surface area (Å²) < 4.78 is 49.9. The van der Waals surface area contributed by atoms with Crippen molar-refractivity contribution in [1.82, 2.24) is 10.3 Å². The normalized spacial score (nSPS) is 12.5. The number of oxazole rings is 1. The van der Waals surface area contributed by atoms with Gasteiger partial charge in [-0.05, 0) is 55.8 Å². The Bertz CT molecular complexity index is 1540. The Morgan fingerprint density at radius 1 is 1.02 bits per heavy atom. The summed E-state index contributed by atoms with van der Waals surface area (Å²) in [6.07, 6.45) is -2.44. The number of hydrogen-bond acceptors (Lipinski definition) is 6. The molecule has 0 fully saturated rings. The predicted molar refractivity (Wildman–Crippen MR) is 150 cm³/mol. The second kappa shape index (κ2) is 13.2. The number of nitrogens with zero attached hydrogens (tertiary/aromatic N) is 1. The van der Waals surface area contributed by atoms with Gasteiger partial charge in [-0.1, -0.05) is 42.5 Å². The quantitative estimate of drug-likeness (QED) is 0.143. The van der Waals surface area contributed by atoms with Crippen molar-refractivity contribution in [3.05, 3.63) is 119 Å². The summed E-state index contributed by atoms with van der Waals surface area (Å²) >= 11 is 0. The molecule has 1 aromatic heterocycles. The SMILES string of the molecule is C/C(=C\C(=O)c1ccccc1)N[C@@H](Cc1ccc(OCCc2nc(-c3ccc(C(F)(F)F)cc3)oc2C)cc1)C(=O)O. The highest BCUT2D eigenvalue weighted by molar-refractivity contribution is 6.04. The van der Waals surface area contributed by atoms with Gasteiger partial charge in [0.05, 0.1) is 17.9 Å². The Balaban J connectivity index is 1.30. The van der Waals surface area contributed by atoms with Crippen LogP contribution in [0.5, 0.6) is 5.75 Å². The molecule has 4 aromatic rings. The lowest BCUT2D eigenvalue weighted by Crippen LogP contribution is -2.37. The molecule has 0 aliphatic heterocycles. The summed E-state index contributed by atoms with van der Waals surface area (Å²) in [5.74, 6) is 0.0894. The molecule has 1 atom stereocenters. The standard InChI is InChI=1S/C32H29F3N2O5/c1-20(18-29(38)23-6-4-3-5-7-23)36-28(31(39)40)19-22-8-14-26(15-9-22)41-17-16-27-21(2)42-30(37-27)24-10-12-25(13-11-24)32(33,34)35/h3-15,18,28,36H,16-17,19H2,1-2H3,(H,39,40)/b20-18+/t28-/m0/s1. The van der Waals surface area contributed by atoms with Crippen LogP contribution in [-0.2, 0) is 23.8 Å². The molecule has 0 saturated heterocycles. The smallest absolute Gasteiger partial charge is 0.416 e. The highest BCUT2D eigenvalue weighted by atomic mass is 19.4. The van der Waals surface area contributed by atoms with E-state index in [2.05, 4.69) is 10.3 Å². The average Bonchev–Trinajstić information content (AvgIpc) is 3.33. The predicted octanol–water partition coefficient (Wildman–Crippen LogP) is 6.66. The second-order valence-electron chi connectivity index (χ2n) is 9.64. The van der Waals surface area contributed by atoms with Gasteiger partial charge >= 0.3 is 12.1 Å². The van der Waals surface area contributed by atoms with E-state index < -0.39 is 23.8 Å². The highest BCUT2D eigenvalue weighted by Gasteiger charge is 2.30. The molecular weight excluding hydrogens is 549 g/mol. The molecule has 0 unspecified atom stereocenters. The van der Waals surface area contributed by atoms with E-state index in [4.69, 9.17) is 9.15 Å². The van der Waals surface area contributed by atoms with Crippen LogP contribution in [0, 0.1) is 6.92 Å². The topological polar surface area (TPSA) is 102 Å². The summed E-state index contributed by atoms with van der Waals surface area (Å²) in [7, 11) is 0. The molecule has 0 bridgehead atoms. The number of nitrogens with one attached hydrogen (secondary N) is 1. The number of ether oxygens (including phenoxy) is 1. The first-order valence-electron chi connectivity index (χ1n) is 13.1. The molecule has 0 saturated carbocycles.